The third-order valence-corrected chi connectivity index (χ3v) is 3.05. The van der Waals surface area contributed by atoms with Crippen LogP contribution in [0.5, 0.6) is 0 Å². The lowest BCUT2D eigenvalue weighted by molar-refractivity contribution is -0.0475. The second-order valence-corrected chi connectivity index (χ2v) is 4.83. The van der Waals surface area contributed by atoms with Gasteiger partial charge in [0.2, 0.25) is 0 Å². The Morgan fingerprint density at radius 3 is 2.68 bits per heavy atom. The largest absolute Gasteiger partial charge is 0.388 e. The van der Waals surface area contributed by atoms with Crippen molar-refractivity contribution in [3.8, 4) is 11.8 Å². The fraction of sp³-hybridized carbons (Fsp3) is 0.857. The predicted molar refractivity (Wildman–Crippen MR) is 74.5 cm³/mol. The Hall–Kier alpha value is -0.640. The van der Waals surface area contributed by atoms with E-state index in [1.807, 2.05) is 0 Å². The summed E-state index contributed by atoms with van der Waals surface area (Å²) in [6.07, 6.45) is 2.79. The Kier molecular flexibility index (Phi) is 8.80. The first kappa shape index (κ1) is 16.4. The molecular weight excluding hydrogens is 244 g/mol. The minimum Gasteiger partial charge on any atom is -0.388 e. The first-order chi connectivity index (χ1) is 9.22. The Balaban J connectivity index is 2.04. The van der Waals surface area contributed by atoms with Crippen molar-refractivity contribution in [1.82, 2.24) is 4.90 Å². The molecule has 0 aliphatic carbocycles. The van der Waals surface area contributed by atoms with Crippen molar-refractivity contribution in [3.05, 3.63) is 0 Å². The topological polar surface area (TPSA) is 67.9 Å². The van der Waals surface area contributed by atoms with Crippen LogP contribution in [0.25, 0.3) is 0 Å². The highest BCUT2D eigenvalue weighted by Gasteiger charge is 2.15. The lowest BCUT2D eigenvalue weighted by Crippen LogP contribution is -2.43. The van der Waals surface area contributed by atoms with E-state index in [1.54, 1.807) is 6.92 Å². The number of ether oxygens (including phenoxy) is 2. The summed E-state index contributed by atoms with van der Waals surface area (Å²) in [5.74, 6) is 5.49. The summed E-state index contributed by atoms with van der Waals surface area (Å²) in [4.78, 5) is 2.31. The van der Waals surface area contributed by atoms with Crippen LogP contribution in [0.2, 0.25) is 0 Å². The summed E-state index contributed by atoms with van der Waals surface area (Å²) in [6.45, 7) is 5.45. The van der Waals surface area contributed by atoms with E-state index in [1.165, 1.54) is 19.3 Å². The molecule has 0 radical (unpaired) electrons. The summed E-state index contributed by atoms with van der Waals surface area (Å²) < 4.78 is 10.6. The Morgan fingerprint density at radius 1 is 1.26 bits per heavy atom. The first-order valence-electron chi connectivity index (χ1n) is 6.97. The molecule has 5 nitrogen and oxygen atoms in total. The zero-order chi connectivity index (χ0) is 13.9. The van der Waals surface area contributed by atoms with Crippen LogP contribution in [0.15, 0.2) is 0 Å². The van der Waals surface area contributed by atoms with Gasteiger partial charge in [-0.05, 0) is 32.9 Å². The summed E-state index contributed by atoms with van der Waals surface area (Å²) >= 11 is 0. The number of rotatable bonds is 8. The van der Waals surface area contributed by atoms with Crippen LogP contribution < -0.4 is 5.73 Å². The monoisotopic (exact) mass is 270 g/mol. The van der Waals surface area contributed by atoms with E-state index in [4.69, 9.17) is 15.2 Å². The average molecular weight is 270 g/mol. The third kappa shape index (κ3) is 8.19. The first-order valence-corrected chi connectivity index (χ1v) is 6.97. The highest BCUT2D eigenvalue weighted by molar-refractivity contribution is 4.94. The highest BCUT2D eigenvalue weighted by atomic mass is 16.5. The molecule has 2 unspecified atom stereocenters. The maximum absolute atomic E-state index is 9.64. The Bertz CT molecular complexity index is 282. The van der Waals surface area contributed by atoms with Crippen LogP contribution in [0.4, 0.5) is 0 Å². The minimum atomic E-state index is -0.647. The van der Waals surface area contributed by atoms with Gasteiger partial charge < -0.3 is 20.3 Å². The maximum atomic E-state index is 9.64. The summed E-state index contributed by atoms with van der Waals surface area (Å²) in [7, 11) is 0. The molecule has 1 rings (SSSR count). The molecule has 0 amide bonds. The molecule has 1 heterocycles. The van der Waals surface area contributed by atoms with Gasteiger partial charge in [0.1, 0.15) is 18.9 Å². The van der Waals surface area contributed by atoms with Crippen molar-refractivity contribution < 1.29 is 14.6 Å². The lowest BCUT2D eigenvalue weighted by Gasteiger charge is -2.29. The van der Waals surface area contributed by atoms with Crippen molar-refractivity contribution in [2.45, 2.75) is 38.5 Å². The van der Waals surface area contributed by atoms with Gasteiger partial charge in [0.25, 0.3) is 0 Å². The van der Waals surface area contributed by atoms with Gasteiger partial charge in [0, 0.05) is 6.54 Å². The summed E-state index contributed by atoms with van der Waals surface area (Å²) in [5.41, 5.74) is 5.89. The van der Waals surface area contributed by atoms with E-state index in [-0.39, 0.29) is 19.4 Å². The van der Waals surface area contributed by atoms with Crippen LogP contribution >= 0.6 is 0 Å². The van der Waals surface area contributed by atoms with Gasteiger partial charge in [-0.25, -0.2) is 0 Å². The lowest BCUT2D eigenvalue weighted by atomic mass is 10.1. The molecule has 1 fully saturated rings. The number of nitrogens with zero attached hydrogens (tertiary/aromatic N) is 1. The molecule has 2 atom stereocenters. The number of likely N-dealkylation sites (tertiary alicyclic amines) is 1. The van der Waals surface area contributed by atoms with Gasteiger partial charge in [-0.2, -0.15) is 0 Å². The highest BCUT2D eigenvalue weighted by Crippen LogP contribution is 2.08. The molecule has 1 saturated heterocycles. The molecule has 0 spiro atoms. The van der Waals surface area contributed by atoms with Crippen molar-refractivity contribution in [2.75, 3.05) is 39.5 Å². The molecule has 1 aliphatic rings. The quantitative estimate of drug-likeness (QED) is 0.374. The number of aliphatic hydroxyl groups is 1. The number of nitrogens with two attached hydrogens (primary N) is 1. The van der Waals surface area contributed by atoms with Crippen LogP contribution in [0.3, 0.4) is 0 Å². The standard InChI is InChI=1S/C14H26N2O3/c1-2-3-9-18-11-13(17)12-19-14(15)10-16-7-5-4-6-8-16/h13-14,17H,4-12,15H2,1H3. The number of aliphatic hydroxyl groups excluding tert-OH is 1. The van der Waals surface area contributed by atoms with E-state index in [2.05, 4.69) is 16.7 Å². The van der Waals surface area contributed by atoms with E-state index in [0.29, 0.717) is 6.61 Å². The minimum absolute atomic E-state index is 0.203. The zero-order valence-electron chi connectivity index (χ0n) is 11.8. The molecule has 0 aromatic rings. The van der Waals surface area contributed by atoms with Crippen molar-refractivity contribution in [3.63, 3.8) is 0 Å². The molecular formula is C14H26N2O3. The summed E-state index contributed by atoms with van der Waals surface area (Å²) in [5, 5.41) is 9.64. The van der Waals surface area contributed by atoms with Crippen molar-refractivity contribution >= 4 is 0 Å². The normalized spacial score (nSPS) is 19.5. The van der Waals surface area contributed by atoms with Crippen LogP contribution in [0, 0.1) is 11.8 Å². The van der Waals surface area contributed by atoms with Gasteiger partial charge in [-0.1, -0.05) is 12.3 Å². The summed E-state index contributed by atoms with van der Waals surface area (Å²) in [6, 6.07) is 0. The molecule has 0 saturated carbocycles. The number of hydrogen-bond donors (Lipinski definition) is 2. The Labute approximate surface area is 116 Å². The molecule has 0 aromatic heterocycles. The Morgan fingerprint density at radius 2 is 2.00 bits per heavy atom. The third-order valence-electron chi connectivity index (χ3n) is 3.05. The van der Waals surface area contributed by atoms with Crippen LogP contribution in [-0.4, -0.2) is 61.8 Å². The molecule has 5 heteroatoms. The van der Waals surface area contributed by atoms with E-state index in [0.717, 1.165) is 19.6 Å². The average Bonchev–Trinajstić information content (AvgIpc) is 2.42. The zero-order valence-corrected chi connectivity index (χ0v) is 11.8. The molecule has 1 aliphatic heterocycles. The van der Waals surface area contributed by atoms with Crippen molar-refractivity contribution in [1.29, 1.82) is 0 Å². The fourth-order valence-corrected chi connectivity index (χ4v) is 2.05. The van der Waals surface area contributed by atoms with E-state index >= 15 is 0 Å². The van der Waals surface area contributed by atoms with Crippen LogP contribution in [0.1, 0.15) is 26.2 Å². The number of piperidine rings is 1. The maximum Gasteiger partial charge on any atom is 0.118 e. The van der Waals surface area contributed by atoms with Gasteiger partial charge in [0.15, 0.2) is 0 Å². The van der Waals surface area contributed by atoms with Gasteiger partial charge in [-0.3, -0.25) is 4.90 Å². The van der Waals surface area contributed by atoms with Gasteiger partial charge >= 0.3 is 0 Å². The van der Waals surface area contributed by atoms with E-state index in [9.17, 15) is 5.11 Å². The molecule has 110 valence electrons. The number of hydrogen-bond acceptors (Lipinski definition) is 5. The molecule has 3 N–H and O–H groups in total. The SMILES string of the molecule is CC#CCOCC(O)COC(N)CN1CCCCC1. The molecule has 19 heavy (non-hydrogen) atoms. The van der Waals surface area contributed by atoms with Gasteiger partial charge in [-0.15, -0.1) is 5.92 Å². The molecule has 0 aromatic carbocycles. The molecule has 0 bridgehead atoms. The second kappa shape index (κ2) is 10.2. The fourth-order valence-electron chi connectivity index (χ4n) is 2.05. The van der Waals surface area contributed by atoms with Gasteiger partial charge in [0.05, 0.1) is 13.2 Å². The van der Waals surface area contributed by atoms with Crippen molar-refractivity contribution in [2.24, 2.45) is 5.73 Å². The van der Waals surface area contributed by atoms with Crippen LogP contribution in [-0.2, 0) is 9.47 Å². The van der Waals surface area contributed by atoms with E-state index < -0.39 is 6.10 Å². The second-order valence-electron chi connectivity index (χ2n) is 4.83. The smallest absolute Gasteiger partial charge is 0.118 e. The predicted octanol–water partition coefficient (Wildman–Crippen LogP) is 0.175.